The van der Waals surface area contributed by atoms with E-state index in [4.69, 9.17) is 4.74 Å². The number of thioether (sulfide) groups is 1. The number of nitrogens with zero attached hydrogens (tertiary/aromatic N) is 1. The predicted octanol–water partition coefficient (Wildman–Crippen LogP) is 3.73. The van der Waals surface area contributed by atoms with E-state index in [9.17, 15) is 9.59 Å². The van der Waals surface area contributed by atoms with Gasteiger partial charge in [0.05, 0.1) is 18.3 Å². The van der Waals surface area contributed by atoms with Crippen molar-refractivity contribution < 1.29 is 14.3 Å². The molecule has 1 N–H and O–H groups in total. The Bertz CT molecular complexity index is 843. The van der Waals surface area contributed by atoms with Crippen LogP contribution in [0.3, 0.4) is 0 Å². The van der Waals surface area contributed by atoms with Crippen LogP contribution in [0.25, 0.3) is 0 Å². The van der Waals surface area contributed by atoms with E-state index < -0.39 is 5.41 Å². The van der Waals surface area contributed by atoms with Gasteiger partial charge in [-0.2, -0.15) is 0 Å². The standard InChI is InChI=1S/C23H28N2O3S/c1-23(22(27)24-15-18-8-6-9-19(14-18)28-2)12-7-13-25(17-23)21(26)16-29-20-10-4-3-5-11-20/h3-6,8-11,14H,7,12-13,15-17H2,1-2H3,(H,24,27)/t23-/m0/s1. The number of benzene rings is 2. The van der Waals surface area contributed by atoms with Gasteiger partial charge < -0.3 is 15.0 Å². The summed E-state index contributed by atoms with van der Waals surface area (Å²) in [6, 6.07) is 17.6. The number of carbonyl (C=O) groups excluding carboxylic acids is 2. The first-order valence-electron chi connectivity index (χ1n) is 9.87. The molecule has 3 rings (SSSR count). The molecule has 1 atom stereocenters. The van der Waals surface area contributed by atoms with E-state index in [1.807, 2.05) is 66.4 Å². The smallest absolute Gasteiger partial charge is 0.232 e. The first-order valence-corrected chi connectivity index (χ1v) is 10.9. The van der Waals surface area contributed by atoms with Crippen LogP contribution in [-0.4, -0.2) is 42.7 Å². The van der Waals surface area contributed by atoms with Gasteiger partial charge in [-0.15, -0.1) is 11.8 Å². The van der Waals surface area contributed by atoms with Crippen LogP contribution in [0.1, 0.15) is 25.3 Å². The molecular weight excluding hydrogens is 384 g/mol. The quantitative estimate of drug-likeness (QED) is 0.704. The molecular formula is C23H28N2O3S. The molecule has 2 aromatic carbocycles. The fraction of sp³-hybridized carbons (Fsp3) is 0.391. The third-order valence-corrected chi connectivity index (χ3v) is 6.29. The van der Waals surface area contributed by atoms with Crippen LogP contribution >= 0.6 is 11.8 Å². The van der Waals surface area contributed by atoms with Gasteiger partial charge in [0.1, 0.15) is 5.75 Å². The molecule has 2 amide bonds. The van der Waals surface area contributed by atoms with Gasteiger partial charge in [0.25, 0.3) is 0 Å². The highest BCUT2D eigenvalue weighted by molar-refractivity contribution is 8.00. The highest BCUT2D eigenvalue weighted by Crippen LogP contribution is 2.30. The van der Waals surface area contributed by atoms with Gasteiger partial charge >= 0.3 is 0 Å². The molecule has 1 fully saturated rings. The molecule has 0 unspecified atom stereocenters. The lowest BCUT2D eigenvalue weighted by Gasteiger charge is -2.39. The highest BCUT2D eigenvalue weighted by atomic mass is 32.2. The number of ether oxygens (including phenoxy) is 1. The molecule has 0 aromatic heterocycles. The fourth-order valence-electron chi connectivity index (χ4n) is 3.57. The number of likely N-dealkylation sites (tertiary alicyclic amines) is 1. The summed E-state index contributed by atoms with van der Waals surface area (Å²) >= 11 is 1.54. The van der Waals surface area contributed by atoms with Gasteiger partial charge in [0.15, 0.2) is 0 Å². The molecule has 2 aromatic rings. The van der Waals surface area contributed by atoms with Crippen molar-refractivity contribution in [3.8, 4) is 5.75 Å². The average Bonchev–Trinajstić information content (AvgIpc) is 2.76. The largest absolute Gasteiger partial charge is 0.497 e. The predicted molar refractivity (Wildman–Crippen MR) is 116 cm³/mol. The van der Waals surface area contributed by atoms with Crippen molar-refractivity contribution in [2.45, 2.75) is 31.2 Å². The van der Waals surface area contributed by atoms with Crippen LogP contribution in [-0.2, 0) is 16.1 Å². The summed E-state index contributed by atoms with van der Waals surface area (Å²) in [5, 5.41) is 3.04. The van der Waals surface area contributed by atoms with Crippen molar-refractivity contribution in [2.24, 2.45) is 5.41 Å². The van der Waals surface area contributed by atoms with Gasteiger partial charge in [-0.25, -0.2) is 0 Å². The summed E-state index contributed by atoms with van der Waals surface area (Å²) in [5.41, 5.74) is 0.425. The topological polar surface area (TPSA) is 58.6 Å². The molecule has 5 nitrogen and oxygen atoms in total. The summed E-state index contributed by atoms with van der Waals surface area (Å²) in [6.45, 7) is 3.58. The molecule has 29 heavy (non-hydrogen) atoms. The second kappa shape index (κ2) is 9.83. The number of amides is 2. The zero-order chi connectivity index (χ0) is 20.7. The lowest BCUT2D eigenvalue weighted by Crippen LogP contribution is -2.52. The van der Waals surface area contributed by atoms with E-state index in [-0.39, 0.29) is 11.8 Å². The van der Waals surface area contributed by atoms with Crippen LogP contribution in [0, 0.1) is 5.41 Å². The van der Waals surface area contributed by atoms with Crippen molar-refractivity contribution in [1.82, 2.24) is 10.2 Å². The summed E-state index contributed by atoms with van der Waals surface area (Å²) in [7, 11) is 1.63. The van der Waals surface area contributed by atoms with E-state index >= 15 is 0 Å². The molecule has 0 radical (unpaired) electrons. The molecule has 1 aliphatic heterocycles. The highest BCUT2D eigenvalue weighted by Gasteiger charge is 2.39. The van der Waals surface area contributed by atoms with E-state index in [0.717, 1.165) is 29.1 Å². The van der Waals surface area contributed by atoms with Crippen LogP contribution in [0.15, 0.2) is 59.5 Å². The molecule has 154 valence electrons. The Labute approximate surface area is 176 Å². The zero-order valence-corrected chi connectivity index (χ0v) is 17.8. The minimum absolute atomic E-state index is 0.00599. The molecule has 0 spiro atoms. The van der Waals surface area contributed by atoms with Crippen molar-refractivity contribution in [3.05, 3.63) is 60.2 Å². The Balaban J connectivity index is 1.54. The van der Waals surface area contributed by atoms with Crippen molar-refractivity contribution >= 4 is 23.6 Å². The zero-order valence-electron chi connectivity index (χ0n) is 17.0. The number of nitrogens with one attached hydrogen (secondary N) is 1. The Hall–Kier alpha value is -2.47. The van der Waals surface area contributed by atoms with Crippen molar-refractivity contribution in [1.29, 1.82) is 0 Å². The van der Waals surface area contributed by atoms with Gasteiger partial charge in [-0.1, -0.05) is 30.3 Å². The molecule has 6 heteroatoms. The number of carbonyl (C=O) groups is 2. The number of hydrogen-bond donors (Lipinski definition) is 1. The van der Waals surface area contributed by atoms with Gasteiger partial charge in [-0.05, 0) is 49.6 Å². The summed E-state index contributed by atoms with van der Waals surface area (Å²) < 4.78 is 5.23. The molecule has 1 saturated heterocycles. The van der Waals surface area contributed by atoms with Crippen molar-refractivity contribution in [3.63, 3.8) is 0 Å². The van der Waals surface area contributed by atoms with E-state index in [2.05, 4.69) is 5.32 Å². The second-order valence-electron chi connectivity index (χ2n) is 7.62. The number of piperidine rings is 1. The second-order valence-corrected chi connectivity index (χ2v) is 8.66. The van der Waals surface area contributed by atoms with Crippen LogP contribution in [0.4, 0.5) is 0 Å². The van der Waals surface area contributed by atoms with Crippen LogP contribution in [0.5, 0.6) is 5.75 Å². The SMILES string of the molecule is COc1cccc(CNC(=O)[C@@]2(C)CCCN(C(=O)CSc3ccccc3)C2)c1. The normalized spacial score (nSPS) is 18.9. The van der Waals surface area contributed by atoms with Crippen LogP contribution < -0.4 is 10.1 Å². The molecule has 0 aliphatic carbocycles. The van der Waals surface area contributed by atoms with E-state index in [1.54, 1.807) is 7.11 Å². The van der Waals surface area contributed by atoms with E-state index in [0.29, 0.717) is 25.4 Å². The van der Waals surface area contributed by atoms with Crippen LogP contribution in [0.2, 0.25) is 0 Å². The molecule has 0 bridgehead atoms. The number of hydrogen-bond acceptors (Lipinski definition) is 4. The monoisotopic (exact) mass is 412 g/mol. The molecule has 1 heterocycles. The third-order valence-electron chi connectivity index (χ3n) is 5.29. The Morgan fingerprint density at radius 3 is 2.72 bits per heavy atom. The first kappa shape index (κ1) is 21.2. The third kappa shape index (κ3) is 5.76. The minimum atomic E-state index is -0.565. The summed E-state index contributed by atoms with van der Waals surface area (Å²) in [4.78, 5) is 28.5. The Morgan fingerprint density at radius 1 is 1.17 bits per heavy atom. The molecule has 1 aliphatic rings. The maximum Gasteiger partial charge on any atom is 0.232 e. The maximum atomic E-state index is 12.9. The lowest BCUT2D eigenvalue weighted by molar-refractivity contribution is -0.139. The first-order chi connectivity index (χ1) is 14.0. The Morgan fingerprint density at radius 2 is 1.97 bits per heavy atom. The van der Waals surface area contributed by atoms with Gasteiger partial charge in [0.2, 0.25) is 11.8 Å². The van der Waals surface area contributed by atoms with Crippen molar-refractivity contribution in [2.75, 3.05) is 26.0 Å². The molecule has 0 saturated carbocycles. The Kier molecular flexibility index (Phi) is 7.20. The maximum absolute atomic E-state index is 12.9. The van der Waals surface area contributed by atoms with Gasteiger partial charge in [-0.3, -0.25) is 9.59 Å². The fourth-order valence-corrected chi connectivity index (χ4v) is 4.39. The number of rotatable bonds is 7. The average molecular weight is 413 g/mol. The van der Waals surface area contributed by atoms with E-state index in [1.165, 1.54) is 11.8 Å². The number of methoxy groups -OCH3 is 1. The van der Waals surface area contributed by atoms with Gasteiger partial charge in [0, 0.05) is 24.5 Å². The summed E-state index contributed by atoms with van der Waals surface area (Å²) in [5.74, 6) is 1.25. The lowest BCUT2D eigenvalue weighted by atomic mass is 9.81. The summed E-state index contributed by atoms with van der Waals surface area (Å²) in [6.07, 6.45) is 1.62. The minimum Gasteiger partial charge on any atom is -0.497 e.